The number of likely N-dealkylation sites (tertiary alicyclic amines) is 2. The molecule has 2 saturated heterocycles. The first-order chi connectivity index (χ1) is 9.60. The van der Waals surface area contributed by atoms with Gasteiger partial charge in [0.05, 0.1) is 6.10 Å². The van der Waals surface area contributed by atoms with Crippen molar-refractivity contribution >= 4 is 6.03 Å². The lowest BCUT2D eigenvalue weighted by Crippen LogP contribution is -2.49. The van der Waals surface area contributed by atoms with Crippen LogP contribution >= 0.6 is 0 Å². The summed E-state index contributed by atoms with van der Waals surface area (Å²) in [6, 6.07) is 0.990. The van der Waals surface area contributed by atoms with E-state index in [0.717, 1.165) is 52.0 Å². The number of piperidine rings is 1. The molecule has 0 aromatic carbocycles. The maximum absolute atomic E-state index is 12.3. The number of amides is 2. The molecule has 5 heteroatoms. The highest BCUT2D eigenvalue weighted by Gasteiger charge is 2.28. The number of carbonyl (C=O) groups is 1. The lowest BCUT2D eigenvalue weighted by Gasteiger charge is -2.32. The maximum atomic E-state index is 12.3. The van der Waals surface area contributed by atoms with Gasteiger partial charge < -0.3 is 15.0 Å². The summed E-state index contributed by atoms with van der Waals surface area (Å²) < 4.78 is 5.62. The molecule has 1 unspecified atom stereocenters. The molecule has 20 heavy (non-hydrogen) atoms. The highest BCUT2D eigenvalue weighted by molar-refractivity contribution is 5.74. The fraction of sp³-hybridized carbons (Fsp3) is 0.933. The van der Waals surface area contributed by atoms with Crippen LogP contribution in [0.3, 0.4) is 0 Å². The molecule has 0 aromatic heterocycles. The van der Waals surface area contributed by atoms with Crippen molar-refractivity contribution in [2.24, 2.45) is 0 Å². The molecule has 2 amide bonds. The Labute approximate surface area is 122 Å². The first-order valence-corrected chi connectivity index (χ1v) is 8.01. The van der Waals surface area contributed by atoms with Gasteiger partial charge in [0, 0.05) is 44.9 Å². The molecule has 2 fully saturated rings. The average molecular weight is 283 g/mol. The van der Waals surface area contributed by atoms with E-state index >= 15 is 0 Å². The van der Waals surface area contributed by atoms with Crippen LogP contribution in [0.5, 0.6) is 0 Å². The lowest BCUT2D eigenvalue weighted by atomic mass is 10.1. The van der Waals surface area contributed by atoms with Crippen LogP contribution in [0, 0.1) is 0 Å². The van der Waals surface area contributed by atoms with E-state index in [2.05, 4.69) is 24.1 Å². The number of nitrogens with zero attached hydrogens (tertiary/aromatic N) is 2. The second-order valence-electron chi connectivity index (χ2n) is 6.17. The van der Waals surface area contributed by atoms with Gasteiger partial charge in [-0.05, 0) is 40.0 Å². The van der Waals surface area contributed by atoms with Crippen LogP contribution in [0.4, 0.5) is 4.79 Å². The summed E-state index contributed by atoms with van der Waals surface area (Å²) in [4.78, 5) is 16.6. The Balaban J connectivity index is 1.71. The number of nitrogens with one attached hydrogen (secondary N) is 1. The molecule has 2 aliphatic heterocycles. The molecule has 0 aromatic rings. The summed E-state index contributed by atoms with van der Waals surface area (Å²) in [6.45, 7) is 10.9. The van der Waals surface area contributed by atoms with Gasteiger partial charge >= 0.3 is 6.03 Å². The van der Waals surface area contributed by atoms with E-state index in [0.29, 0.717) is 18.2 Å². The third-order valence-electron chi connectivity index (χ3n) is 4.41. The summed E-state index contributed by atoms with van der Waals surface area (Å²) in [6.07, 6.45) is 3.33. The number of hydrogen-bond donors (Lipinski definition) is 1. The Morgan fingerprint density at radius 3 is 2.50 bits per heavy atom. The van der Waals surface area contributed by atoms with Gasteiger partial charge in [-0.2, -0.15) is 0 Å². The number of urea groups is 1. The van der Waals surface area contributed by atoms with Gasteiger partial charge in [-0.1, -0.05) is 0 Å². The van der Waals surface area contributed by atoms with Gasteiger partial charge in [0.1, 0.15) is 0 Å². The molecule has 2 aliphatic rings. The summed E-state index contributed by atoms with van der Waals surface area (Å²) >= 11 is 0. The highest BCUT2D eigenvalue weighted by Crippen LogP contribution is 2.16. The van der Waals surface area contributed by atoms with Crippen LogP contribution in [0.2, 0.25) is 0 Å². The molecular weight excluding hydrogens is 254 g/mol. The molecule has 1 atom stereocenters. The standard InChI is InChI=1S/C15H29N3O2/c1-4-20-14-6-9-17(10-7-14)15(19)16-13-5-8-18(11-13)12(2)3/h12-14H,4-11H2,1-3H3,(H,16,19). The smallest absolute Gasteiger partial charge is 0.317 e. The first-order valence-electron chi connectivity index (χ1n) is 8.01. The fourth-order valence-electron chi connectivity index (χ4n) is 3.10. The fourth-order valence-corrected chi connectivity index (χ4v) is 3.10. The van der Waals surface area contributed by atoms with Crippen molar-refractivity contribution in [1.29, 1.82) is 0 Å². The largest absolute Gasteiger partial charge is 0.378 e. The zero-order valence-corrected chi connectivity index (χ0v) is 13.1. The number of carbonyl (C=O) groups excluding carboxylic acids is 1. The monoisotopic (exact) mass is 283 g/mol. The van der Waals surface area contributed by atoms with Crippen molar-refractivity contribution in [3.63, 3.8) is 0 Å². The quantitative estimate of drug-likeness (QED) is 0.854. The molecule has 5 nitrogen and oxygen atoms in total. The lowest BCUT2D eigenvalue weighted by molar-refractivity contribution is 0.0218. The van der Waals surface area contributed by atoms with Crippen molar-refractivity contribution in [1.82, 2.24) is 15.1 Å². The predicted molar refractivity (Wildman–Crippen MR) is 79.9 cm³/mol. The summed E-state index contributed by atoms with van der Waals surface area (Å²) in [7, 11) is 0. The van der Waals surface area contributed by atoms with Gasteiger partial charge in [0.25, 0.3) is 0 Å². The minimum Gasteiger partial charge on any atom is -0.378 e. The zero-order chi connectivity index (χ0) is 14.5. The first kappa shape index (κ1) is 15.6. The molecule has 116 valence electrons. The molecule has 1 N–H and O–H groups in total. The normalized spacial score (nSPS) is 25.4. The van der Waals surface area contributed by atoms with E-state index in [4.69, 9.17) is 4.74 Å². The topological polar surface area (TPSA) is 44.8 Å². The van der Waals surface area contributed by atoms with E-state index in [1.54, 1.807) is 0 Å². The highest BCUT2D eigenvalue weighted by atomic mass is 16.5. The SMILES string of the molecule is CCOC1CCN(C(=O)NC2CCN(C(C)C)C2)CC1. The molecule has 0 radical (unpaired) electrons. The third kappa shape index (κ3) is 4.09. The zero-order valence-electron chi connectivity index (χ0n) is 13.1. The molecule has 0 saturated carbocycles. The predicted octanol–water partition coefficient (Wildman–Crippen LogP) is 1.68. The minimum atomic E-state index is 0.107. The maximum Gasteiger partial charge on any atom is 0.317 e. The van der Waals surface area contributed by atoms with Crippen molar-refractivity contribution in [3.8, 4) is 0 Å². The Kier molecular flexibility index (Phi) is 5.66. The van der Waals surface area contributed by atoms with Gasteiger partial charge in [-0.3, -0.25) is 4.90 Å². The van der Waals surface area contributed by atoms with Crippen molar-refractivity contribution in [2.45, 2.75) is 58.2 Å². The number of rotatable bonds is 4. The molecule has 2 heterocycles. The van der Waals surface area contributed by atoms with E-state index in [1.807, 2.05) is 11.8 Å². The molecule has 0 bridgehead atoms. The van der Waals surface area contributed by atoms with Crippen LogP contribution in [-0.2, 0) is 4.74 Å². The van der Waals surface area contributed by atoms with E-state index < -0.39 is 0 Å². The van der Waals surface area contributed by atoms with Crippen LogP contribution in [0.25, 0.3) is 0 Å². The minimum absolute atomic E-state index is 0.107. The van der Waals surface area contributed by atoms with Crippen molar-refractivity contribution < 1.29 is 9.53 Å². The van der Waals surface area contributed by atoms with E-state index in [1.165, 1.54) is 0 Å². The molecule has 0 spiro atoms. The Hall–Kier alpha value is -0.810. The number of hydrogen-bond acceptors (Lipinski definition) is 3. The number of ether oxygens (including phenoxy) is 1. The van der Waals surface area contributed by atoms with Gasteiger partial charge in [0.2, 0.25) is 0 Å². The van der Waals surface area contributed by atoms with Gasteiger partial charge in [0.15, 0.2) is 0 Å². The Morgan fingerprint density at radius 2 is 1.95 bits per heavy atom. The second-order valence-corrected chi connectivity index (χ2v) is 6.17. The molecule has 2 rings (SSSR count). The average Bonchev–Trinajstić information content (AvgIpc) is 2.88. The van der Waals surface area contributed by atoms with Crippen LogP contribution in [0.15, 0.2) is 0 Å². The Morgan fingerprint density at radius 1 is 1.25 bits per heavy atom. The van der Waals surface area contributed by atoms with Crippen LogP contribution < -0.4 is 5.32 Å². The Bertz CT molecular complexity index is 314. The summed E-state index contributed by atoms with van der Waals surface area (Å²) in [5.41, 5.74) is 0. The molecule has 0 aliphatic carbocycles. The van der Waals surface area contributed by atoms with Crippen LogP contribution in [-0.4, -0.2) is 66.8 Å². The summed E-state index contributed by atoms with van der Waals surface area (Å²) in [5, 5.41) is 3.18. The van der Waals surface area contributed by atoms with Crippen molar-refractivity contribution in [3.05, 3.63) is 0 Å². The van der Waals surface area contributed by atoms with Gasteiger partial charge in [-0.15, -0.1) is 0 Å². The van der Waals surface area contributed by atoms with Crippen molar-refractivity contribution in [2.75, 3.05) is 32.8 Å². The third-order valence-corrected chi connectivity index (χ3v) is 4.41. The molecular formula is C15H29N3O2. The van der Waals surface area contributed by atoms with E-state index in [-0.39, 0.29) is 6.03 Å². The summed E-state index contributed by atoms with van der Waals surface area (Å²) in [5.74, 6) is 0. The van der Waals surface area contributed by atoms with Gasteiger partial charge in [-0.25, -0.2) is 4.79 Å². The van der Waals surface area contributed by atoms with Crippen LogP contribution in [0.1, 0.15) is 40.0 Å². The second kappa shape index (κ2) is 7.27. The van der Waals surface area contributed by atoms with E-state index in [9.17, 15) is 4.79 Å².